The molecule has 2 aromatic rings. The van der Waals surface area contributed by atoms with Crippen molar-refractivity contribution in [1.29, 1.82) is 0 Å². The zero-order valence-corrected chi connectivity index (χ0v) is 16.1. The molecule has 1 aliphatic heterocycles. The smallest absolute Gasteiger partial charge is 0.410 e. The Balaban J connectivity index is 1.65. The lowest BCUT2D eigenvalue weighted by Crippen LogP contribution is -2.39. The van der Waals surface area contributed by atoms with Crippen LogP contribution in [0.25, 0.3) is 0 Å². The van der Waals surface area contributed by atoms with Gasteiger partial charge in [-0.15, -0.1) is 0 Å². The Bertz CT molecular complexity index is 740. The largest absolute Gasteiger partial charge is 0.458 e. The highest BCUT2D eigenvalue weighted by Crippen LogP contribution is 2.15. The Morgan fingerprint density at radius 3 is 2.00 bits per heavy atom. The van der Waals surface area contributed by atoms with Crippen LogP contribution in [0.2, 0.25) is 0 Å². The van der Waals surface area contributed by atoms with Crippen LogP contribution in [0.3, 0.4) is 0 Å². The number of esters is 1. The van der Waals surface area contributed by atoms with E-state index in [0.717, 1.165) is 36.8 Å². The van der Waals surface area contributed by atoms with Gasteiger partial charge in [-0.05, 0) is 24.0 Å². The normalized spacial score (nSPS) is 15.4. The lowest BCUT2D eigenvalue weighted by molar-refractivity contribution is -0.155. The van der Waals surface area contributed by atoms with Crippen molar-refractivity contribution in [1.82, 2.24) is 4.90 Å². The molecule has 1 amide bonds. The Hall–Kier alpha value is -2.82. The fourth-order valence-electron chi connectivity index (χ4n) is 3.27. The summed E-state index contributed by atoms with van der Waals surface area (Å²) in [5, 5.41) is 0. The van der Waals surface area contributed by atoms with Gasteiger partial charge in [-0.2, -0.15) is 0 Å². The first-order valence-electron chi connectivity index (χ1n) is 9.92. The monoisotopic (exact) mass is 381 g/mol. The highest BCUT2D eigenvalue weighted by Gasteiger charge is 2.28. The molecule has 5 heteroatoms. The molecule has 1 aliphatic rings. The number of ether oxygens (including phenoxy) is 2. The fraction of sp³-hybridized carbons (Fsp3) is 0.391. The summed E-state index contributed by atoms with van der Waals surface area (Å²) in [4.78, 5) is 27.0. The quantitative estimate of drug-likeness (QED) is 0.698. The molecule has 3 rings (SSSR count). The predicted molar refractivity (Wildman–Crippen MR) is 107 cm³/mol. The molecule has 1 fully saturated rings. The summed E-state index contributed by atoms with van der Waals surface area (Å²) in [6.07, 6.45) is 3.09. The Morgan fingerprint density at radius 1 is 0.821 bits per heavy atom. The molecule has 1 heterocycles. The Morgan fingerprint density at radius 2 is 1.39 bits per heavy atom. The third kappa shape index (κ3) is 6.12. The van der Waals surface area contributed by atoms with Crippen LogP contribution in [0.15, 0.2) is 60.7 Å². The van der Waals surface area contributed by atoms with Crippen molar-refractivity contribution in [2.24, 2.45) is 0 Å². The van der Waals surface area contributed by atoms with Gasteiger partial charge in [0, 0.05) is 19.5 Å². The molecule has 0 bridgehead atoms. The van der Waals surface area contributed by atoms with Crippen LogP contribution in [0.1, 0.15) is 36.8 Å². The number of amides is 1. The van der Waals surface area contributed by atoms with E-state index in [1.165, 1.54) is 0 Å². The van der Waals surface area contributed by atoms with Crippen LogP contribution in [-0.2, 0) is 27.3 Å². The van der Waals surface area contributed by atoms with Gasteiger partial charge in [0.05, 0.1) is 0 Å². The van der Waals surface area contributed by atoms with Crippen molar-refractivity contribution in [2.75, 3.05) is 13.1 Å². The first kappa shape index (κ1) is 19.9. The summed E-state index contributed by atoms with van der Waals surface area (Å²) >= 11 is 0. The van der Waals surface area contributed by atoms with Gasteiger partial charge < -0.3 is 14.4 Å². The molecule has 0 aromatic heterocycles. The maximum absolute atomic E-state index is 12.7. The Labute approximate surface area is 166 Å². The summed E-state index contributed by atoms with van der Waals surface area (Å²) in [5.41, 5.74) is 1.82. The third-order valence-electron chi connectivity index (χ3n) is 4.86. The van der Waals surface area contributed by atoms with E-state index >= 15 is 0 Å². The molecule has 0 unspecified atom stereocenters. The highest BCUT2D eigenvalue weighted by molar-refractivity contribution is 5.79. The average molecular weight is 381 g/mol. The number of nitrogens with zero attached hydrogens (tertiary/aromatic N) is 1. The minimum atomic E-state index is -0.957. The van der Waals surface area contributed by atoms with Crippen LogP contribution >= 0.6 is 0 Å². The van der Waals surface area contributed by atoms with Crippen LogP contribution < -0.4 is 0 Å². The maximum atomic E-state index is 12.7. The van der Waals surface area contributed by atoms with Crippen LogP contribution in [0.4, 0.5) is 4.79 Å². The molecule has 1 saturated heterocycles. The van der Waals surface area contributed by atoms with Crippen molar-refractivity contribution in [2.45, 2.75) is 44.8 Å². The van der Waals surface area contributed by atoms with Crippen molar-refractivity contribution in [3.8, 4) is 0 Å². The summed E-state index contributed by atoms with van der Waals surface area (Å²) in [6.45, 7) is 1.51. The molecular formula is C23H27NO4. The molecular weight excluding hydrogens is 354 g/mol. The minimum Gasteiger partial charge on any atom is -0.458 e. The van der Waals surface area contributed by atoms with E-state index in [-0.39, 0.29) is 6.61 Å². The van der Waals surface area contributed by atoms with Gasteiger partial charge in [0.2, 0.25) is 6.10 Å². The topological polar surface area (TPSA) is 55.8 Å². The van der Waals surface area contributed by atoms with E-state index in [1.807, 2.05) is 60.7 Å². The lowest BCUT2D eigenvalue weighted by atomic mass is 10.1. The van der Waals surface area contributed by atoms with Gasteiger partial charge >= 0.3 is 12.1 Å². The lowest BCUT2D eigenvalue weighted by Gasteiger charge is -2.23. The molecule has 0 aliphatic carbocycles. The zero-order chi connectivity index (χ0) is 19.6. The van der Waals surface area contributed by atoms with Gasteiger partial charge in [0.25, 0.3) is 0 Å². The first-order valence-corrected chi connectivity index (χ1v) is 9.92. The second kappa shape index (κ2) is 10.5. The molecule has 0 N–H and O–H groups in total. The van der Waals surface area contributed by atoms with Crippen LogP contribution in [-0.4, -0.2) is 36.2 Å². The predicted octanol–water partition coefficient (Wildman–Crippen LogP) is 4.35. The number of hydrogen-bond donors (Lipinski definition) is 0. The van der Waals surface area contributed by atoms with Gasteiger partial charge in [0.15, 0.2) is 0 Å². The number of likely N-dealkylation sites (tertiary alicyclic amines) is 1. The molecule has 28 heavy (non-hydrogen) atoms. The summed E-state index contributed by atoms with van der Waals surface area (Å²) in [5.74, 6) is -0.518. The summed E-state index contributed by atoms with van der Waals surface area (Å²) in [6, 6.07) is 19.0. The van der Waals surface area contributed by atoms with Crippen LogP contribution in [0.5, 0.6) is 0 Å². The van der Waals surface area contributed by atoms with E-state index in [2.05, 4.69) is 0 Å². The van der Waals surface area contributed by atoms with Crippen LogP contribution in [0, 0.1) is 0 Å². The van der Waals surface area contributed by atoms with Crippen molar-refractivity contribution >= 4 is 12.1 Å². The maximum Gasteiger partial charge on any atom is 0.410 e. The van der Waals surface area contributed by atoms with Gasteiger partial charge in [0.1, 0.15) is 6.61 Å². The molecule has 5 nitrogen and oxygen atoms in total. The van der Waals surface area contributed by atoms with Gasteiger partial charge in [-0.25, -0.2) is 9.59 Å². The van der Waals surface area contributed by atoms with Gasteiger partial charge in [-0.3, -0.25) is 0 Å². The van der Waals surface area contributed by atoms with E-state index in [1.54, 1.807) is 4.90 Å². The number of carbonyl (C=O) groups is 2. The van der Waals surface area contributed by atoms with E-state index in [9.17, 15) is 9.59 Å². The number of rotatable bonds is 6. The second-order valence-corrected chi connectivity index (χ2v) is 7.06. The number of hydrogen-bond acceptors (Lipinski definition) is 4. The van der Waals surface area contributed by atoms with E-state index < -0.39 is 18.2 Å². The average Bonchev–Trinajstić information content (AvgIpc) is 3.03. The molecule has 2 aromatic carbocycles. The Kier molecular flexibility index (Phi) is 7.47. The minimum absolute atomic E-state index is 0.159. The van der Waals surface area contributed by atoms with Crippen molar-refractivity contribution in [3.05, 3.63) is 71.8 Å². The second-order valence-electron chi connectivity index (χ2n) is 7.06. The van der Waals surface area contributed by atoms with Crippen molar-refractivity contribution < 1.29 is 19.1 Å². The molecule has 1 atom stereocenters. The SMILES string of the molecule is O=C(OCc1ccccc1)[C@H](Cc1ccccc1)OC(=O)N1CCCCCC1. The highest BCUT2D eigenvalue weighted by atomic mass is 16.6. The van der Waals surface area contributed by atoms with Gasteiger partial charge in [-0.1, -0.05) is 73.5 Å². The summed E-state index contributed by atoms with van der Waals surface area (Å²) < 4.78 is 11.1. The standard InChI is InChI=1S/C23H27NO4/c25-22(27-18-20-13-7-4-8-14-20)21(17-19-11-5-3-6-12-19)28-23(26)24-15-9-1-2-10-16-24/h3-8,11-14,21H,1-2,9-10,15-18H2/t21-/m0/s1. The third-order valence-corrected chi connectivity index (χ3v) is 4.86. The summed E-state index contributed by atoms with van der Waals surface area (Å²) in [7, 11) is 0. The van der Waals surface area contributed by atoms with Crippen molar-refractivity contribution in [3.63, 3.8) is 0 Å². The fourth-order valence-corrected chi connectivity index (χ4v) is 3.27. The number of carbonyl (C=O) groups excluding carboxylic acids is 2. The first-order chi connectivity index (χ1) is 13.7. The van der Waals surface area contributed by atoms with E-state index in [4.69, 9.17) is 9.47 Å². The van der Waals surface area contributed by atoms with E-state index in [0.29, 0.717) is 19.5 Å². The molecule has 0 spiro atoms. The molecule has 148 valence electrons. The molecule has 0 saturated carbocycles. The number of benzene rings is 2. The zero-order valence-electron chi connectivity index (χ0n) is 16.1. The molecule has 0 radical (unpaired) electrons.